The number of fused-ring (bicyclic) bond motifs is 2. The van der Waals surface area contributed by atoms with E-state index in [1.54, 1.807) is 0 Å². The van der Waals surface area contributed by atoms with Crippen molar-refractivity contribution in [3.05, 3.63) is 67.0 Å². The molecule has 7 heteroatoms. The Morgan fingerprint density at radius 2 is 1.80 bits per heavy atom. The normalized spacial score (nSPS) is 14.6. The van der Waals surface area contributed by atoms with E-state index < -0.39 is 0 Å². The number of morpholine rings is 1. The van der Waals surface area contributed by atoms with Crippen molar-refractivity contribution in [3.8, 4) is 22.4 Å². The number of ether oxygens (including phenoxy) is 1. The van der Waals surface area contributed by atoms with Crippen LogP contribution >= 0.6 is 0 Å². The number of nitrogens with one attached hydrogen (secondary N) is 1. The lowest BCUT2D eigenvalue weighted by Gasteiger charge is -2.27. The van der Waals surface area contributed by atoms with E-state index in [4.69, 9.17) is 9.84 Å². The molecule has 0 radical (unpaired) electrons. The van der Waals surface area contributed by atoms with E-state index in [9.17, 15) is 0 Å². The van der Waals surface area contributed by atoms with Gasteiger partial charge in [-0.05, 0) is 23.8 Å². The molecule has 1 aliphatic rings. The Bertz CT molecular complexity index is 1330. The minimum atomic E-state index is 0.703. The lowest BCUT2D eigenvalue weighted by Crippen LogP contribution is -2.38. The van der Waals surface area contributed by atoms with Crippen molar-refractivity contribution in [2.75, 3.05) is 31.2 Å². The maximum atomic E-state index is 5.53. The zero-order valence-corrected chi connectivity index (χ0v) is 16.3. The Hall–Kier alpha value is -3.71. The van der Waals surface area contributed by atoms with Gasteiger partial charge < -0.3 is 9.64 Å². The zero-order chi connectivity index (χ0) is 19.9. The molecule has 0 spiro atoms. The van der Waals surface area contributed by atoms with E-state index in [-0.39, 0.29) is 0 Å². The first-order chi connectivity index (χ1) is 14.9. The van der Waals surface area contributed by atoms with E-state index >= 15 is 0 Å². The molecule has 0 amide bonds. The SMILES string of the molecule is c1ccc(-c2nn3c(N4CCOCC4)nccc3c2-c2ccc3[nH]ncc3c2)cc1. The highest BCUT2D eigenvalue weighted by molar-refractivity contribution is 5.96. The Labute approximate surface area is 172 Å². The first-order valence-corrected chi connectivity index (χ1v) is 10.1. The van der Waals surface area contributed by atoms with Crippen LogP contribution in [0.3, 0.4) is 0 Å². The summed E-state index contributed by atoms with van der Waals surface area (Å²) in [5.74, 6) is 0.851. The van der Waals surface area contributed by atoms with Crippen molar-refractivity contribution in [1.29, 1.82) is 0 Å². The number of benzene rings is 2. The number of anilines is 1. The van der Waals surface area contributed by atoms with Gasteiger partial charge in [-0.2, -0.15) is 14.7 Å². The molecule has 1 fully saturated rings. The summed E-state index contributed by atoms with van der Waals surface area (Å²) in [7, 11) is 0. The lowest BCUT2D eigenvalue weighted by molar-refractivity contribution is 0.122. The molecule has 5 aromatic rings. The van der Waals surface area contributed by atoms with Crippen LogP contribution in [0.5, 0.6) is 0 Å². The summed E-state index contributed by atoms with van der Waals surface area (Å²) in [5.41, 5.74) is 6.29. The molecule has 4 heterocycles. The Morgan fingerprint density at radius 1 is 0.933 bits per heavy atom. The summed E-state index contributed by atoms with van der Waals surface area (Å²) in [6.07, 6.45) is 3.73. The van der Waals surface area contributed by atoms with Crippen molar-refractivity contribution in [2.24, 2.45) is 0 Å². The Morgan fingerprint density at radius 3 is 2.67 bits per heavy atom. The van der Waals surface area contributed by atoms with Crippen LogP contribution in [0.1, 0.15) is 0 Å². The van der Waals surface area contributed by atoms with E-state index in [1.807, 2.05) is 41.2 Å². The Balaban J connectivity index is 1.63. The standard InChI is InChI=1S/C23H20N6O/c1-2-4-16(5-3-1)22-21(17-6-7-19-18(14-17)15-25-26-19)20-8-9-24-23(29(20)27-22)28-10-12-30-13-11-28/h1-9,14-15H,10-13H2,(H,25,26). The highest BCUT2D eigenvalue weighted by Crippen LogP contribution is 2.37. The summed E-state index contributed by atoms with van der Waals surface area (Å²) in [6.45, 7) is 3.02. The maximum Gasteiger partial charge on any atom is 0.227 e. The van der Waals surface area contributed by atoms with Gasteiger partial charge in [-0.25, -0.2) is 4.98 Å². The van der Waals surface area contributed by atoms with Gasteiger partial charge >= 0.3 is 0 Å². The second kappa shape index (κ2) is 6.96. The van der Waals surface area contributed by atoms with Gasteiger partial charge in [0.2, 0.25) is 5.95 Å². The zero-order valence-electron chi connectivity index (χ0n) is 16.3. The molecular formula is C23H20N6O. The van der Waals surface area contributed by atoms with Gasteiger partial charge in [-0.1, -0.05) is 36.4 Å². The third-order valence-corrected chi connectivity index (χ3v) is 5.60. The van der Waals surface area contributed by atoms with E-state index in [1.165, 1.54) is 0 Å². The van der Waals surface area contributed by atoms with Gasteiger partial charge in [0.25, 0.3) is 0 Å². The highest BCUT2D eigenvalue weighted by Gasteiger charge is 2.22. The molecule has 148 valence electrons. The summed E-state index contributed by atoms with van der Waals surface area (Å²) >= 11 is 0. The quantitative estimate of drug-likeness (QED) is 0.503. The van der Waals surface area contributed by atoms with Crippen LogP contribution in [-0.2, 0) is 4.74 Å². The lowest BCUT2D eigenvalue weighted by atomic mass is 9.99. The fraction of sp³-hybridized carbons (Fsp3) is 0.174. The van der Waals surface area contributed by atoms with Gasteiger partial charge in [-0.15, -0.1) is 0 Å². The van der Waals surface area contributed by atoms with Crippen molar-refractivity contribution in [1.82, 2.24) is 24.8 Å². The predicted octanol–water partition coefficient (Wildman–Crippen LogP) is 3.78. The number of rotatable bonds is 3. The largest absolute Gasteiger partial charge is 0.378 e. The summed E-state index contributed by atoms with van der Waals surface area (Å²) in [4.78, 5) is 6.91. The summed E-state index contributed by atoms with van der Waals surface area (Å²) in [6, 6.07) is 18.7. The third kappa shape index (κ3) is 2.74. The van der Waals surface area contributed by atoms with Gasteiger partial charge in [0, 0.05) is 35.8 Å². The predicted molar refractivity (Wildman–Crippen MR) is 117 cm³/mol. The van der Waals surface area contributed by atoms with E-state index in [2.05, 4.69) is 50.4 Å². The minimum absolute atomic E-state index is 0.703. The number of aromatic nitrogens is 5. The van der Waals surface area contributed by atoms with Crippen molar-refractivity contribution < 1.29 is 4.74 Å². The van der Waals surface area contributed by atoms with Gasteiger partial charge in [0.15, 0.2) is 0 Å². The monoisotopic (exact) mass is 396 g/mol. The van der Waals surface area contributed by atoms with Crippen LogP contribution in [-0.4, -0.2) is 51.1 Å². The fourth-order valence-electron chi connectivity index (χ4n) is 4.13. The van der Waals surface area contributed by atoms with Crippen LogP contribution in [0, 0.1) is 0 Å². The molecule has 0 aliphatic carbocycles. The van der Waals surface area contributed by atoms with Crippen LogP contribution in [0.2, 0.25) is 0 Å². The molecule has 0 saturated carbocycles. The van der Waals surface area contributed by atoms with E-state index in [0.29, 0.717) is 13.2 Å². The average molecular weight is 396 g/mol. The van der Waals surface area contributed by atoms with Crippen LogP contribution < -0.4 is 4.90 Å². The Kier molecular flexibility index (Phi) is 3.99. The second-order valence-electron chi connectivity index (χ2n) is 7.40. The molecular weight excluding hydrogens is 376 g/mol. The maximum absolute atomic E-state index is 5.53. The number of nitrogens with zero attached hydrogens (tertiary/aromatic N) is 5. The van der Waals surface area contributed by atoms with Crippen molar-refractivity contribution in [2.45, 2.75) is 0 Å². The molecule has 0 bridgehead atoms. The summed E-state index contributed by atoms with van der Waals surface area (Å²) in [5, 5.41) is 13.3. The number of H-pyrrole nitrogens is 1. The molecule has 0 atom stereocenters. The van der Waals surface area contributed by atoms with Gasteiger partial charge in [-0.3, -0.25) is 5.10 Å². The molecule has 1 aliphatic heterocycles. The molecule has 6 rings (SSSR count). The fourth-order valence-corrected chi connectivity index (χ4v) is 4.13. The first kappa shape index (κ1) is 17.2. The van der Waals surface area contributed by atoms with Gasteiger partial charge in [0.1, 0.15) is 5.69 Å². The van der Waals surface area contributed by atoms with Gasteiger partial charge in [0.05, 0.1) is 30.4 Å². The second-order valence-corrected chi connectivity index (χ2v) is 7.40. The third-order valence-electron chi connectivity index (χ3n) is 5.60. The first-order valence-electron chi connectivity index (χ1n) is 10.1. The minimum Gasteiger partial charge on any atom is -0.378 e. The van der Waals surface area contributed by atoms with Crippen LogP contribution in [0.25, 0.3) is 38.8 Å². The average Bonchev–Trinajstić information content (AvgIpc) is 3.44. The van der Waals surface area contributed by atoms with E-state index in [0.717, 1.165) is 57.8 Å². The van der Waals surface area contributed by atoms with Crippen LogP contribution in [0.4, 0.5) is 5.95 Å². The molecule has 30 heavy (non-hydrogen) atoms. The molecule has 2 aromatic carbocycles. The highest BCUT2D eigenvalue weighted by atomic mass is 16.5. The van der Waals surface area contributed by atoms with Crippen molar-refractivity contribution >= 4 is 22.4 Å². The topological polar surface area (TPSA) is 71.3 Å². The molecule has 7 nitrogen and oxygen atoms in total. The van der Waals surface area contributed by atoms with Crippen LogP contribution in [0.15, 0.2) is 67.0 Å². The molecule has 3 aromatic heterocycles. The molecule has 1 N–H and O–H groups in total. The number of aromatic amines is 1. The smallest absolute Gasteiger partial charge is 0.227 e. The molecule has 0 unspecified atom stereocenters. The van der Waals surface area contributed by atoms with Crippen molar-refractivity contribution in [3.63, 3.8) is 0 Å². The summed E-state index contributed by atoms with van der Waals surface area (Å²) < 4.78 is 7.50. The number of hydrogen-bond donors (Lipinski definition) is 1. The number of hydrogen-bond acceptors (Lipinski definition) is 5. The molecule has 1 saturated heterocycles.